The van der Waals surface area contributed by atoms with Gasteiger partial charge in [0.05, 0.1) is 6.04 Å². The molecular weight excluding hydrogens is 120 g/mol. The molecule has 0 aliphatic carbocycles. The summed E-state index contributed by atoms with van der Waals surface area (Å²) < 4.78 is 4.65. The Balaban J connectivity index is 3.27. The van der Waals surface area contributed by atoms with Gasteiger partial charge >= 0.3 is 0 Å². The van der Waals surface area contributed by atoms with Crippen LogP contribution in [0.3, 0.4) is 0 Å². The number of nitrogens with one attached hydrogen (secondary N) is 1. The van der Waals surface area contributed by atoms with Gasteiger partial charge in [-0.3, -0.25) is 10.5 Å². The first kappa shape index (κ1) is 8.39. The molecule has 0 aromatic carbocycles. The molecule has 3 N–H and O–H groups in total. The molecule has 1 radical (unpaired) electrons. The lowest BCUT2D eigenvalue weighted by atomic mass is 10.2. The summed E-state index contributed by atoms with van der Waals surface area (Å²) in [6, 6.07) is -0.676. The van der Waals surface area contributed by atoms with Crippen molar-refractivity contribution in [3.05, 3.63) is 0 Å². The van der Waals surface area contributed by atoms with E-state index in [0.29, 0.717) is 13.0 Å². The molecular formula is C5H11N2O2. The second-order valence-electron chi connectivity index (χ2n) is 1.75. The van der Waals surface area contributed by atoms with E-state index in [4.69, 9.17) is 11.5 Å². The molecule has 0 unspecified atom stereocenters. The van der Waals surface area contributed by atoms with Crippen LogP contribution in [0.15, 0.2) is 0 Å². The van der Waals surface area contributed by atoms with Gasteiger partial charge in [0.25, 0.3) is 5.91 Å². The molecule has 0 aromatic heterocycles. The summed E-state index contributed by atoms with van der Waals surface area (Å²) in [5, 5.41) is 0. The number of ether oxygens (including phenoxy) is 1. The number of methoxy groups -OCH3 is 1. The van der Waals surface area contributed by atoms with Crippen LogP contribution < -0.4 is 11.5 Å². The van der Waals surface area contributed by atoms with Crippen molar-refractivity contribution in [2.45, 2.75) is 12.5 Å². The molecule has 53 valence electrons. The molecule has 0 rings (SSSR count). The third kappa shape index (κ3) is 3.93. The van der Waals surface area contributed by atoms with Gasteiger partial charge < -0.3 is 10.5 Å². The molecule has 9 heavy (non-hydrogen) atoms. The number of carbonyl (C=O) groups excluding carboxylic acids is 1. The lowest BCUT2D eigenvalue weighted by molar-refractivity contribution is -0.120. The first-order valence-electron chi connectivity index (χ1n) is 2.68. The predicted octanol–water partition coefficient (Wildman–Crippen LogP) is -0.840. The molecule has 0 aliphatic heterocycles. The van der Waals surface area contributed by atoms with Gasteiger partial charge in [-0.05, 0) is 6.42 Å². The number of amides is 1. The number of carbonyl (C=O) groups is 1. The molecule has 0 saturated heterocycles. The molecule has 1 amide bonds. The molecule has 0 saturated carbocycles. The summed E-state index contributed by atoms with van der Waals surface area (Å²) in [4.78, 5) is 10.1. The van der Waals surface area contributed by atoms with Crippen molar-refractivity contribution < 1.29 is 9.53 Å². The van der Waals surface area contributed by atoms with Crippen molar-refractivity contribution in [2.24, 2.45) is 5.73 Å². The zero-order chi connectivity index (χ0) is 7.28. The molecule has 0 bridgehead atoms. The fourth-order valence-electron chi connectivity index (χ4n) is 0.376. The van der Waals surface area contributed by atoms with Crippen LogP contribution in [-0.4, -0.2) is 25.7 Å². The Bertz CT molecular complexity index is 95.0. The van der Waals surface area contributed by atoms with Gasteiger partial charge in [-0.1, -0.05) is 0 Å². The van der Waals surface area contributed by atoms with Gasteiger partial charge in [0.2, 0.25) is 0 Å². The van der Waals surface area contributed by atoms with Crippen molar-refractivity contribution in [3.8, 4) is 0 Å². The fourth-order valence-corrected chi connectivity index (χ4v) is 0.376. The first-order valence-corrected chi connectivity index (χ1v) is 2.68. The number of hydrogen-bond donors (Lipinski definition) is 1. The van der Waals surface area contributed by atoms with E-state index in [1.54, 1.807) is 0 Å². The van der Waals surface area contributed by atoms with Crippen LogP contribution in [-0.2, 0) is 9.53 Å². The number of nitrogens with two attached hydrogens (primary N) is 1. The Morgan fingerprint density at radius 2 is 2.44 bits per heavy atom. The van der Waals surface area contributed by atoms with E-state index in [1.807, 2.05) is 0 Å². The molecule has 0 spiro atoms. The molecule has 4 heteroatoms. The van der Waals surface area contributed by atoms with Crippen LogP contribution in [0.1, 0.15) is 6.42 Å². The van der Waals surface area contributed by atoms with Crippen LogP contribution >= 0.6 is 0 Å². The van der Waals surface area contributed by atoms with E-state index in [2.05, 4.69) is 4.74 Å². The van der Waals surface area contributed by atoms with Gasteiger partial charge in [-0.25, -0.2) is 0 Å². The SMILES string of the molecule is COCC[C@H](N)C([NH])=O. The smallest absolute Gasteiger partial charge is 0.255 e. The second-order valence-corrected chi connectivity index (χ2v) is 1.75. The molecule has 0 fully saturated rings. The molecule has 0 aromatic rings. The summed E-state index contributed by atoms with van der Waals surface area (Å²) >= 11 is 0. The quantitative estimate of drug-likeness (QED) is 0.540. The summed E-state index contributed by atoms with van der Waals surface area (Å²) in [7, 11) is 1.53. The van der Waals surface area contributed by atoms with E-state index in [9.17, 15) is 4.79 Å². The van der Waals surface area contributed by atoms with Crippen LogP contribution in [0.25, 0.3) is 0 Å². The summed E-state index contributed by atoms with van der Waals surface area (Å²) in [5.74, 6) is -0.730. The largest absolute Gasteiger partial charge is 0.385 e. The van der Waals surface area contributed by atoms with Gasteiger partial charge in [0.15, 0.2) is 0 Å². The third-order valence-electron chi connectivity index (χ3n) is 0.970. The lowest BCUT2D eigenvalue weighted by Crippen LogP contribution is -2.32. The summed E-state index contributed by atoms with van der Waals surface area (Å²) in [6.07, 6.45) is 0.429. The van der Waals surface area contributed by atoms with Crippen molar-refractivity contribution in [1.82, 2.24) is 5.73 Å². The lowest BCUT2D eigenvalue weighted by Gasteiger charge is -2.03. The Kier molecular flexibility index (Phi) is 4.00. The average molecular weight is 131 g/mol. The average Bonchev–Trinajstić information content (AvgIpc) is 1.82. The third-order valence-corrected chi connectivity index (χ3v) is 0.970. The number of rotatable bonds is 4. The minimum Gasteiger partial charge on any atom is -0.385 e. The topological polar surface area (TPSA) is 76.1 Å². The van der Waals surface area contributed by atoms with E-state index < -0.39 is 11.9 Å². The summed E-state index contributed by atoms with van der Waals surface area (Å²) in [5.41, 5.74) is 11.7. The van der Waals surface area contributed by atoms with Gasteiger partial charge in [-0.2, -0.15) is 0 Å². The maximum absolute atomic E-state index is 10.1. The Labute approximate surface area is 54.2 Å². The van der Waals surface area contributed by atoms with Crippen molar-refractivity contribution in [2.75, 3.05) is 13.7 Å². The van der Waals surface area contributed by atoms with E-state index in [-0.39, 0.29) is 0 Å². The Hall–Kier alpha value is -0.610. The highest BCUT2D eigenvalue weighted by atomic mass is 16.5. The van der Waals surface area contributed by atoms with Gasteiger partial charge in [0, 0.05) is 13.7 Å². The van der Waals surface area contributed by atoms with Crippen molar-refractivity contribution >= 4 is 5.91 Å². The zero-order valence-corrected chi connectivity index (χ0v) is 5.39. The Morgan fingerprint density at radius 1 is 1.89 bits per heavy atom. The summed E-state index contributed by atoms with van der Waals surface area (Å²) in [6.45, 7) is 0.436. The zero-order valence-electron chi connectivity index (χ0n) is 5.39. The standard InChI is InChI=1S/C5H11N2O2/c1-9-3-2-4(6)5(7)8/h4,7H,2-3,6H2,1H3/t4-/m0/s1. The minimum atomic E-state index is -0.730. The van der Waals surface area contributed by atoms with Crippen molar-refractivity contribution in [1.29, 1.82) is 0 Å². The minimum absolute atomic E-state index is 0.429. The number of hydrogen-bond acceptors (Lipinski definition) is 3. The highest BCUT2D eigenvalue weighted by Crippen LogP contribution is 1.86. The van der Waals surface area contributed by atoms with E-state index >= 15 is 0 Å². The molecule has 4 nitrogen and oxygen atoms in total. The highest BCUT2D eigenvalue weighted by Gasteiger charge is 2.07. The fraction of sp³-hybridized carbons (Fsp3) is 0.800. The second kappa shape index (κ2) is 4.29. The highest BCUT2D eigenvalue weighted by molar-refractivity contribution is 5.78. The Morgan fingerprint density at radius 3 is 2.78 bits per heavy atom. The van der Waals surface area contributed by atoms with Crippen LogP contribution in [0, 0.1) is 0 Å². The van der Waals surface area contributed by atoms with Gasteiger partial charge in [-0.15, -0.1) is 0 Å². The van der Waals surface area contributed by atoms with E-state index in [0.717, 1.165) is 0 Å². The van der Waals surface area contributed by atoms with Crippen LogP contribution in [0.5, 0.6) is 0 Å². The molecule has 1 atom stereocenters. The van der Waals surface area contributed by atoms with Gasteiger partial charge in [0.1, 0.15) is 0 Å². The monoisotopic (exact) mass is 131 g/mol. The maximum atomic E-state index is 10.1. The van der Waals surface area contributed by atoms with Crippen LogP contribution in [0.2, 0.25) is 0 Å². The molecule has 0 heterocycles. The van der Waals surface area contributed by atoms with Crippen molar-refractivity contribution in [3.63, 3.8) is 0 Å². The van der Waals surface area contributed by atoms with Crippen LogP contribution in [0.4, 0.5) is 0 Å². The normalized spacial score (nSPS) is 13.1. The van der Waals surface area contributed by atoms with E-state index in [1.165, 1.54) is 7.11 Å². The maximum Gasteiger partial charge on any atom is 0.255 e. The molecule has 0 aliphatic rings. The predicted molar refractivity (Wildman–Crippen MR) is 32.6 cm³/mol. The first-order chi connectivity index (χ1) is 4.18.